The van der Waals surface area contributed by atoms with Gasteiger partial charge in [-0.3, -0.25) is 10.1 Å². The Bertz CT molecular complexity index is 894. The predicted molar refractivity (Wildman–Crippen MR) is 88.7 cm³/mol. The van der Waals surface area contributed by atoms with E-state index < -0.39 is 14.9 Å². The monoisotopic (exact) mass is 349 g/mol. The molecule has 24 heavy (non-hydrogen) atoms. The van der Waals surface area contributed by atoms with Crippen LogP contribution in [0.2, 0.25) is 0 Å². The lowest BCUT2D eigenvalue weighted by molar-refractivity contribution is -0.385. The van der Waals surface area contributed by atoms with Crippen LogP contribution in [0, 0.1) is 17.0 Å². The lowest BCUT2D eigenvalue weighted by atomic mass is 10.2. The van der Waals surface area contributed by atoms with Crippen LogP contribution in [0.15, 0.2) is 52.5 Å². The molecular formula is C15H15N3O5S. The molecule has 2 aromatic carbocycles. The minimum Gasteiger partial charge on any atom is -0.497 e. The highest BCUT2D eigenvalue weighted by atomic mass is 32.2. The van der Waals surface area contributed by atoms with Gasteiger partial charge in [0.1, 0.15) is 5.75 Å². The molecule has 0 heterocycles. The van der Waals surface area contributed by atoms with Crippen LogP contribution in [0.1, 0.15) is 11.1 Å². The average Bonchev–Trinajstić information content (AvgIpc) is 2.54. The lowest BCUT2D eigenvalue weighted by Crippen LogP contribution is -2.18. The number of benzene rings is 2. The summed E-state index contributed by atoms with van der Waals surface area (Å²) >= 11 is 0. The average molecular weight is 349 g/mol. The Kier molecular flexibility index (Phi) is 5.14. The van der Waals surface area contributed by atoms with Crippen molar-refractivity contribution in [3.8, 4) is 5.75 Å². The van der Waals surface area contributed by atoms with Gasteiger partial charge in [-0.1, -0.05) is 18.2 Å². The van der Waals surface area contributed by atoms with Crippen LogP contribution in [0.5, 0.6) is 5.75 Å². The number of rotatable bonds is 6. The van der Waals surface area contributed by atoms with Gasteiger partial charge in [0.2, 0.25) is 0 Å². The van der Waals surface area contributed by atoms with Gasteiger partial charge in [-0.2, -0.15) is 13.5 Å². The second-order valence-electron chi connectivity index (χ2n) is 4.83. The number of nitrogens with zero attached hydrogens (tertiary/aromatic N) is 2. The van der Waals surface area contributed by atoms with E-state index in [2.05, 4.69) is 5.10 Å². The van der Waals surface area contributed by atoms with Crippen LogP contribution in [-0.2, 0) is 10.0 Å². The maximum atomic E-state index is 12.2. The Morgan fingerprint density at radius 2 is 2.00 bits per heavy atom. The summed E-state index contributed by atoms with van der Waals surface area (Å²) in [5.74, 6) is 0.607. The number of nitro groups is 1. The Morgan fingerprint density at radius 3 is 2.67 bits per heavy atom. The first-order valence-electron chi connectivity index (χ1n) is 6.77. The van der Waals surface area contributed by atoms with Crippen molar-refractivity contribution in [2.45, 2.75) is 11.8 Å². The summed E-state index contributed by atoms with van der Waals surface area (Å²) in [5.41, 5.74) is 0.736. The molecule has 9 heteroatoms. The largest absolute Gasteiger partial charge is 0.497 e. The molecule has 0 saturated heterocycles. The second-order valence-corrected chi connectivity index (χ2v) is 6.50. The molecule has 2 aromatic rings. The fraction of sp³-hybridized carbons (Fsp3) is 0.133. The van der Waals surface area contributed by atoms with Crippen molar-refractivity contribution < 1.29 is 18.1 Å². The molecule has 0 fully saturated rings. The number of hydrogen-bond acceptors (Lipinski definition) is 6. The predicted octanol–water partition coefficient (Wildman–Crippen LogP) is 2.22. The van der Waals surface area contributed by atoms with E-state index in [1.807, 2.05) is 4.83 Å². The van der Waals surface area contributed by atoms with Crippen molar-refractivity contribution in [2.75, 3.05) is 7.11 Å². The quantitative estimate of drug-likeness (QED) is 0.488. The third kappa shape index (κ3) is 4.07. The highest BCUT2D eigenvalue weighted by molar-refractivity contribution is 7.89. The van der Waals surface area contributed by atoms with E-state index in [-0.39, 0.29) is 10.6 Å². The molecular weight excluding hydrogens is 334 g/mol. The zero-order valence-electron chi connectivity index (χ0n) is 13.0. The van der Waals surface area contributed by atoms with E-state index in [4.69, 9.17) is 4.74 Å². The van der Waals surface area contributed by atoms with Crippen molar-refractivity contribution in [3.63, 3.8) is 0 Å². The number of hydrazone groups is 1. The van der Waals surface area contributed by atoms with E-state index in [0.717, 1.165) is 6.07 Å². The standard InChI is InChI=1S/C15H15N3O5S/c1-11-6-7-14(9-15(11)18(19)20)24(21,22)17-16-10-12-4-3-5-13(8-12)23-2/h3-10,17H,1-2H3/b16-10+. The zero-order chi connectivity index (χ0) is 17.7. The summed E-state index contributed by atoms with van der Waals surface area (Å²) < 4.78 is 29.4. The van der Waals surface area contributed by atoms with E-state index in [1.54, 1.807) is 24.3 Å². The fourth-order valence-corrected chi connectivity index (χ4v) is 2.71. The first-order chi connectivity index (χ1) is 11.3. The number of aryl methyl sites for hydroxylation is 1. The van der Waals surface area contributed by atoms with Crippen molar-refractivity contribution in [3.05, 3.63) is 63.7 Å². The van der Waals surface area contributed by atoms with Gasteiger partial charge >= 0.3 is 0 Å². The van der Waals surface area contributed by atoms with Crippen LogP contribution < -0.4 is 9.57 Å². The number of nitrogens with one attached hydrogen (secondary N) is 1. The third-order valence-electron chi connectivity index (χ3n) is 3.17. The summed E-state index contributed by atoms with van der Waals surface area (Å²) in [5, 5.41) is 14.6. The van der Waals surface area contributed by atoms with Crippen LogP contribution in [0.25, 0.3) is 0 Å². The van der Waals surface area contributed by atoms with Crippen molar-refractivity contribution in [2.24, 2.45) is 5.10 Å². The van der Waals surface area contributed by atoms with Gasteiger partial charge in [0.25, 0.3) is 15.7 Å². The summed E-state index contributed by atoms with van der Waals surface area (Å²) in [7, 11) is -2.49. The molecule has 0 atom stereocenters. The minimum atomic E-state index is -4.00. The van der Waals surface area contributed by atoms with Crippen molar-refractivity contribution in [1.29, 1.82) is 0 Å². The molecule has 0 aliphatic rings. The smallest absolute Gasteiger partial charge is 0.276 e. The molecule has 0 unspecified atom stereocenters. The van der Waals surface area contributed by atoms with Crippen molar-refractivity contribution >= 4 is 21.9 Å². The normalized spacial score (nSPS) is 11.4. The molecule has 0 saturated carbocycles. The molecule has 2 rings (SSSR count). The molecule has 0 radical (unpaired) electrons. The Labute approximate surface area is 139 Å². The van der Waals surface area contributed by atoms with E-state index in [0.29, 0.717) is 16.9 Å². The Balaban J connectivity index is 2.21. The highest BCUT2D eigenvalue weighted by Gasteiger charge is 2.19. The van der Waals surface area contributed by atoms with Crippen LogP contribution in [0.4, 0.5) is 5.69 Å². The van der Waals surface area contributed by atoms with Gasteiger partial charge in [-0.05, 0) is 30.7 Å². The van der Waals surface area contributed by atoms with Crippen LogP contribution >= 0.6 is 0 Å². The molecule has 0 aliphatic carbocycles. The maximum Gasteiger partial charge on any atom is 0.276 e. The van der Waals surface area contributed by atoms with Gasteiger partial charge in [0.05, 0.1) is 23.1 Å². The Hall–Kier alpha value is -2.94. The topological polar surface area (TPSA) is 111 Å². The first kappa shape index (κ1) is 17.4. The van der Waals surface area contributed by atoms with Gasteiger partial charge < -0.3 is 4.74 Å². The molecule has 8 nitrogen and oxygen atoms in total. The molecule has 0 spiro atoms. The minimum absolute atomic E-state index is 0.234. The number of nitro benzene ring substituents is 1. The number of hydrogen-bond donors (Lipinski definition) is 1. The summed E-state index contributed by atoms with van der Waals surface area (Å²) in [6.07, 6.45) is 1.31. The highest BCUT2D eigenvalue weighted by Crippen LogP contribution is 2.22. The number of ether oxygens (including phenoxy) is 1. The molecule has 0 bridgehead atoms. The molecule has 0 aliphatic heterocycles. The molecule has 1 N–H and O–H groups in total. The number of methoxy groups -OCH3 is 1. The molecule has 0 amide bonds. The second kappa shape index (κ2) is 7.09. The first-order valence-corrected chi connectivity index (χ1v) is 8.26. The Morgan fingerprint density at radius 1 is 1.25 bits per heavy atom. The number of sulfonamides is 1. The van der Waals surface area contributed by atoms with Crippen LogP contribution in [-0.4, -0.2) is 26.7 Å². The van der Waals surface area contributed by atoms with Gasteiger partial charge in [0, 0.05) is 11.6 Å². The van der Waals surface area contributed by atoms with Gasteiger partial charge in [-0.25, -0.2) is 4.83 Å². The van der Waals surface area contributed by atoms with E-state index in [9.17, 15) is 18.5 Å². The maximum absolute atomic E-state index is 12.2. The molecule has 126 valence electrons. The van der Waals surface area contributed by atoms with E-state index in [1.165, 1.54) is 32.4 Å². The fourth-order valence-electron chi connectivity index (χ4n) is 1.90. The van der Waals surface area contributed by atoms with Crippen molar-refractivity contribution in [1.82, 2.24) is 4.83 Å². The summed E-state index contributed by atoms with van der Waals surface area (Å²) in [4.78, 5) is 12.1. The van der Waals surface area contributed by atoms with Gasteiger partial charge in [-0.15, -0.1) is 0 Å². The summed E-state index contributed by atoms with van der Waals surface area (Å²) in [6.45, 7) is 1.53. The van der Waals surface area contributed by atoms with E-state index >= 15 is 0 Å². The SMILES string of the molecule is COc1cccc(/C=N/NS(=O)(=O)c2ccc(C)c([N+](=O)[O-])c2)c1. The molecule has 0 aromatic heterocycles. The summed E-state index contributed by atoms with van der Waals surface area (Å²) in [6, 6.07) is 10.5. The van der Waals surface area contributed by atoms with Gasteiger partial charge in [0.15, 0.2) is 0 Å². The van der Waals surface area contributed by atoms with Crippen LogP contribution in [0.3, 0.4) is 0 Å². The zero-order valence-corrected chi connectivity index (χ0v) is 13.8. The lowest BCUT2D eigenvalue weighted by Gasteiger charge is -2.05. The third-order valence-corrected chi connectivity index (χ3v) is 4.39.